The Morgan fingerprint density at radius 2 is 1.82 bits per heavy atom. The molecule has 0 aliphatic rings. The van der Waals surface area contributed by atoms with Gasteiger partial charge in [0.1, 0.15) is 10.8 Å². The predicted molar refractivity (Wildman–Crippen MR) is 77.6 cm³/mol. The summed E-state index contributed by atoms with van der Waals surface area (Å²) in [6, 6.07) is 6.96. The van der Waals surface area contributed by atoms with Gasteiger partial charge in [0.2, 0.25) is 0 Å². The molecule has 1 N–H and O–H groups in total. The van der Waals surface area contributed by atoms with Gasteiger partial charge in [0.15, 0.2) is 0 Å². The van der Waals surface area contributed by atoms with Crippen molar-refractivity contribution in [2.45, 2.75) is 19.2 Å². The Balaban J connectivity index is 2.11. The summed E-state index contributed by atoms with van der Waals surface area (Å²) in [7, 11) is 0. The summed E-state index contributed by atoms with van der Waals surface area (Å²) in [4.78, 5) is 14.0. The normalized spacial score (nSPS) is 11.5. The third kappa shape index (κ3) is 4.68. The Bertz CT molecular complexity index is 729. The number of aromatic amines is 1. The molecule has 2 rings (SSSR count). The van der Waals surface area contributed by atoms with Gasteiger partial charge in [-0.3, -0.25) is 4.79 Å². The van der Waals surface area contributed by atoms with Crippen molar-refractivity contribution in [3.05, 3.63) is 62.0 Å². The fourth-order valence-corrected chi connectivity index (χ4v) is 2.33. The Labute approximate surface area is 133 Å². The lowest BCUT2D eigenvalue weighted by Gasteiger charge is -2.10. The molecule has 0 aliphatic heterocycles. The van der Waals surface area contributed by atoms with Crippen LogP contribution in [0.5, 0.6) is 5.75 Å². The number of hydrogen-bond donors (Lipinski definition) is 1. The van der Waals surface area contributed by atoms with E-state index in [0.29, 0.717) is 29.1 Å². The number of halogens is 5. The van der Waals surface area contributed by atoms with Crippen molar-refractivity contribution in [3.8, 4) is 5.75 Å². The quantitative estimate of drug-likeness (QED) is 0.888. The first-order valence-electron chi connectivity index (χ1n) is 6.16. The molecule has 0 saturated heterocycles. The van der Waals surface area contributed by atoms with Gasteiger partial charge in [-0.2, -0.15) is 0 Å². The van der Waals surface area contributed by atoms with Gasteiger partial charge < -0.3 is 9.72 Å². The van der Waals surface area contributed by atoms with Crippen molar-refractivity contribution < 1.29 is 17.9 Å². The van der Waals surface area contributed by atoms with Gasteiger partial charge in [0.05, 0.1) is 5.02 Å². The molecule has 8 heteroatoms. The molecule has 1 heterocycles. The molecule has 0 amide bonds. The fraction of sp³-hybridized carbons (Fsp3) is 0.214. The van der Waals surface area contributed by atoms with E-state index >= 15 is 0 Å². The van der Waals surface area contributed by atoms with E-state index in [4.69, 9.17) is 23.2 Å². The third-order valence-corrected chi connectivity index (χ3v) is 3.44. The lowest BCUT2D eigenvalue weighted by Crippen LogP contribution is -2.17. The summed E-state index contributed by atoms with van der Waals surface area (Å²) in [5.74, 6) is -0.291. The number of aromatic nitrogens is 1. The first-order valence-corrected chi connectivity index (χ1v) is 6.92. The molecule has 1 aromatic heterocycles. The van der Waals surface area contributed by atoms with Gasteiger partial charge in [-0.25, -0.2) is 0 Å². The Morgan fingerprint density at radius 1 is 1.09 bits per heavy atom. The van der Waals surface area contributed by atoms with Crippen LogP contribution >= 0.6 is 23.2 Å². The molecule has 3 nitrogen and oxygen atoms in total. The number of H-pyrrole nitrogens is 1. The summed E-state index contributed by atoms with van der Waals surface area (Å²) in [6.45, 7) is 0. The smallest absolute Gasteiger partial charge is 0.406 e. The number of nitrogens with one attached hydrogen (secondary N) is 1. The number of hydrogen-bond acceptors (Lipinski definition) is 2. The Hall–Kier alpha value is -1.66. The monoisotopic (exact) mass is 351 g/mol. The topological polar surface area (TPSA) is 42.1 Å². The highest BCUT2D eigenvalue weighted by molar-refractivity contribution is 6.34. The highest BCUT2D eigenvalue weighted by Gasteiger charge is 2.31. The first kappa shape index (κ1) is 16.7. The van der Waals surface area contributed by atoms with Crippen molar-refractivity contribution in [2.75, 3.05) is 0 Å². The first-order chi connectivity index (χ1) is 10.2. The summed E-state index contributed by atoms with van der Waals surface area (Å²) in [5.41, 5.74) is 0.627. The van der Waals surface area contributed by atoms with Crippen LogP contribution in [0.4, 0.5) is 13.2 Å². The zero-order valence-corrected chi connectivity index (χ0v) is 12.5. The van der Waals surface area contributed by atoms with E-state index < -0.39 is 11.9 Å². The maximum absolute atomic E-state index is 12.2. The number of pyridine rings is 1. The van der Waals surface area contributed by atoms with Gasteiger partial charge >= 0.3 is 6.36 Å². The lowest BCUT2D eigenvalue weighted by atomic mass is 10.1. The van der Waals surface area contributed by atoms with Crippen LogP contribution in [0.1, 0.15) is 11.3 Å². The molecule has 0 fully saturated rings. The summed E-state index contributed by atoms with van der Waals surface area (Å²) >= 11 is 11.6. The summed E-state index contributed by atoms with van der Waals surface area (Å²) in [5, 5.41) is 0.279. The fourth-order valence-electron chi connectivity index (χ4n) is 1.87. The average molecular weight is 352 g/mol. The lowest BCUT2D eigenvalue weighted by molar-refractivity contribution is -0.274. The second-order valence-electron chi connectivity index (χ2n) is 4.47. The molecule has 1 aromatic carbocycles. The van der Waals surface area contributed by atoms with Crippen molar-refractivity contribution >= 4 is 23.2 Å². The molecule has 0 atom stereocenters. The van der Waals surface area contributed by atoms with Crippen LogP contribution in [0.3, 0.4) is 0 Å². The molecule has 0 radical (unpaired) electrons. The van der Waals surface area contributed by atoms with Crippen LogP contribution < -0.4 is 10.3 Å². The number of benzene rings is 1. The van der Waals surface area contributed by atoms with Gasteiger partial charge in [-0.1, -0.05) is 35.3 Å². The van der Waals surface area contributed by atoms with E-state index in [2.05, 4.69) is 9.72 Å². The molecule has 0 bridgehead atoms. The average Bonchev–Trinajstić information content (AvgIpc) is 2.40. The zero-order chi connectivity index (χ0) is 16.3. The molecule has 0 saturated carbocycles. The number of alkyl halides is 3. The standard InChI is InChI=1S/C14H10Cl2F3NO2/c15-10-7-11(16)13(21)20-12(10)5-4-8-2-1-3-9(6-8)22-14(17,18)19/h1-3,6-7H,4-5H2,(H,20,21). The van der Waals surface area contributed by atoms with Gasteiger partial charge in [0.25, 0.3) is 5.56 Å². The van der Waals surface area contributed by atoms with E-state index in [-0.39, 0.29) is 10.8 Å². The largest absolute Gasteiger partial charge is 0.573 e. The molecular formula is C14H10Cl2F3NO2. The molecule has 118 valence electrons. The third-order valence-electron chi connectivity index (χ3n) is 2.82. The number of ether oxygens (including phenoxy) is 1. The minimum atomic E-state index is -4.73. The SMILES string of the molecule is O=c1[nH]c(CCc2cccc(OC(F)(F)F)c2)c(Cl)cc1Cl. The molecule has 0 aliphatic carbocycles. The van der Waals surface area contributed by atoms with Crippen LogP contribution in [0.2, 0.25) is 10.0 Å². The molecule has 2 aromatic rings. The highest BCUT2D eigenvalue weighted by atomic mass is 35.5. The molecule has 0 unspecified atom stereocenters. The van der Waals surface area contributed by atoms with E-state index in [1.807, 2.05) is 0 Å². The van der Waals surface area contributed by atoms with Gasteiger partial charge in [-0.15, -0.1) is 13.2 Å². The van der Waals surface area contributed by atoms with Crippen molar-refractivity contribution in [1.29, 1.82) is 0 Å². The van der Waals surface area contributed by atoms with Crippen LogP contribution in [-0.4, -0.2) is 11.3 Å². The van der Waals surface area contributed by atoms with E-state index in [0.717, 1.165) is 0 Å². The summed E-state index contributed by atoms with van der Waals surface area (Å²) < 4.78 is 40.4. The highest BCUT2D eigenvalue weighted by Crippen LogP contribution is 2.24. The summed E-state index contributed by atoms with van der Waals surface area (Å²) in [6.07, 6.45) is -4.00. The van der Waals surface area contributed by atoms with Crippen LogP contribution in [0, 0.1) is 0 Å². The van der Waals surface area contributed by atoms with E-state index in [9.17, 15) is 18.0 Å². The van der Waals surface area contributed by atoms with Crippen LogP contribution in [0.15, 0.2) is 35.1 Å². The number of rotatable bonds is 4. The second-order valence-corrected chi connectivity index (χ2v) is 5.28. The zero-order valence-electron chi connectivity index (χ0n) is 11.0. The van der Waals surface area contributed by atoms with Crippen molar-refractivity contribution in [3.63, 3.8) is 0 Å². The van der Waals surface area contributed by atoms with Crippen LogP contribution in [0.25, 0.3) is 0 Å². The minimum Gasteiger partial charge on any atom is -0.406 e. The van der Waals surface area contributed by atoms with Crippen molar-refractivity contribution in [1.82, 2.24) is 4.98 Å². The molecular weight excluding hydrogens is 342 g/mol. The Morgan fingerprint density at radius 3 is 2.50 bits per heavy atom. The minimum absolute atomic E-state index is 0.0191. The van der Waals surface area contributed by atoms with E-state index in [1.54, 1.807) is 6.07 Å². The molecule has 0 spiro atoms. The Kier molecular flexibility index (Phi) is 5.03. The number of aryl methyl sites for hydroxylation is 2. The predicted octanol–water partition coefficient (Wildman–Crippen LogP) is 4.37. The maximum atomic E-state index is 12.2. The van der Waals surface area contributed by atoms with Gasteiger partial charge in [0, 0.05) is 5.69 Å². The second kappa shape index (κ2) is 6.62. The van der Waals surface area contributed by atoms with Crippen LogP contribution in [-0.2, 0) is 12.8 Å². The van der Waals surface area contributed by atoms with Crippen molar-refractivity contribution in [2.24, 2.45) is 0 Å². The molecule has 22 heavy (non-hydrogen) atoms. The maximum Gasteiger partial charge on any atom is 0.573 e. The van der Waals surface area contributed by atoms with E-state index in [1.165, 1.54) is 24.3 Å². The van der Waals surface area contributed by atoms with Gasteiger partial charge in [-0.05, 0) is 36.6 Å².